The number of piperidine rings is 1. The Kier molecular flexibility index (Phi) is 4.36. The number of hydrogen-bond donors (Lipinski definition) is 2. The molecule has 0 aliphatic carbocycles. The van der Waals surface area contributed by atoms with Crippen molar-refractivity contribution in [2.45, 2.75) is 19.3 Å². The number of anilines is 2. The number of nitrogens with two attached hydrogens (primary N) is 1. The van der Waals surface area contributed by atoms with E-state index in [1.54, 1.807) is 0 Å². The number of hydrogen-bond acceptors (Lipinski definition) is 3. The van der Waals surface area contributed by atoms with E-state index in [0.717, 1.165) is 25.7 Å². The average Bonchev–Trinajstić information content (AvgIpc) is 2.39. The Morgan fingerprint density at radius 3 is 2.61 bits per heavy atom. The predicted molar refractivity (Wildman–Crippen MR) is 69.6 cm³/mol. The van der Waals surface area contributed by atoms with E-state index in [1.165, 1.54) is 25.3 Å². The van der Waals surface area contributed by atoms with Gasteiger partial charge in [0.25, 0.3) is 0 Å². The van der Waals surface area contributed by atoms with Crippen LogP contribution in [0.1, 0.15) is 19.3 Å². The van der Waals surface area contributed by atoms with Gasteiger partial charge in [-0.25, -0.2) is 8.78 Å². The molecule has 100 valence electrons. The lowest BCUT2D eigenvalue weighted by Crippen LogP contribution is -2.33. The van der Waals surface area contributed by atoms with Crippen molar-refractivity contribution in [2.75, 3.05) is 37.2 Å². The molecule has 0 spiro atoms. The molecule has 0 unspecified atom stereocenters. The SMILES string of the molecule is Nc1ccc(F)c(F)c1NCCN1CCCCC1. The lowest BCUT2D eigenvalue weighted by molar-refractivity contribution is 0.237. The third-order valence-electron chi connectivity index (χ3n) is 3.31. The van der Waals surface area contributed by atoms with Crippen molar-refractivity contribution in [2.24, 2.45) is 0 Å². The quantitative estimate of drug-likeness (QED) is 0.812. The fourth-order valence-corrected chi connectivity index (χ4v) is 2.27. The number of nitrogens with zero attached hydrogens (tertiary/aromatic N) is 1. The minimum atomic E-state index is -0.895. The molecule has 1 fully saturated rings. The van der Waals surface area contributed by atoms with Crippen LogP contribution in [0.15, 0.2) is 12.1 Å². The molecule has 0 amide bonds. The highest BCUT2D eigenvalue weighted by Gasteiger charge is 2.13. The lowest BCUT2D eigenvalue weighted by Gasteiger charge is -2.26. The number of halogens is 2. The van der Waals surface area contributed by atoms with E-state index in [0.29, 0.717) is 6.54 Å². The van der Waals surface area contributed by atoms with Gasteiger partial charge in [0.05, 0.1) is 11.4 Å². The molecule has 5 heteroatoms. The zero-order valence-electron chi connectivity index (χ0n) is 10.4. The summed E-state index contributed by atoms with van der Waals surface area (Å²) in [6.45, 7) is 3.57. The molecule has 0 aromatic heterocycles. The second-order valence-corrected chi connectivity index (χ2v) is 4.65. The van der Waals surface area contributed by atoms with E-state index in [2.05, 4.69) is 10.2 Å². The molecule has 1 aromatic rings. The largest absolute Gasteiger partial charge is 0.397 e. The van der Waals surface area contributed by atoms with Gasteiger partial charge in [-0.05, 0) is 38.1 Å². The number of nitrogens with one attached hydrogen (secondary N) is 1. The highest BCUT2D eigenvalue weighted by atomic mass is 19.2. The molecule has 1 aromatic carbocycles. The molecule has 0 atom stereocenters. The van der Waals surface area contributed by atoms with Crippen LogP contribution in [0.5, 0.6) is 0 Å². The second kappa shape index (κ2) is 6.00. The number of likely N-dealkylation sites (tertiary alicyclic amines) is 1. The molecule has 1 saturated heterocycles. The van der Waals surface area contributed by atoms with E-state index in [4.69, 9.17) is 5.73 Å². The maximum absolute atomic E-state index is 13.5. The van der Waals surface area contributed by atoms with Crippen molar-refractivity contribution in [3.05, 3.63) is 23.8 Å². The van der Waals surface area contributed by atoms with E-state index in [9.17, 15) is 8.78 Å². The summed E-state index contributed by atoms with van der Waals surface area (Å²) in [7, 11) is 0. The van der Waals surface area contributed by atoms with Crippen LogP contribution in [-0.4, -0.2) is 31.1 Å². The maximum atomic E-state index is 13.5. The van der Waals surface area contributed by atoms with Crippen LogP contribution in [-0.2, 0) is 0 Å². The van der Waals surface area contributed by atoms with Crippen molar-refractivity contribution < 1.29 is 8.78 Å². The topological polar surface area (TPSA) is 41.3 Å². The van der Waals surface area contributed by atoms with Gasteiger partial charge in [0.2, 0.25) is 0 Å². The zero-order chi connectivity index (χ0) is 13.0. The predicted octanol–water partition coefficient (Wildman–Crippen LogP) is 2.44. The molecule has 0 radical (unpaired) electrons. The molecule has 1 heterocycles. The Morgan fingerprint density at radius 1 is 1.17 bits per heavy atom. The Labute approximate surface area is 106 Å². The molecular formula is C13H19F2N3. The van der Waals surface area contributed by atoms with E-state index in [-0.39, 0.29) is 11.4 Å². The van der Waals surface area contributed by atoms with Crippen LogP contribution < -0.4 is 11.1 Å². The first-order chi connectivity index (χ1) is 8.68. The Balaban J connectivity index is 1.88. The first-order valence-electron chi connectivity index (χ1n) is 6.38. The van der Waals surface area contributed by atoms with Crippen molar-refractivity contribution in [1.29, 1.82) is 0 Å². The third-order valence-corrected chi connectivity index (χ3v) is 3.31. The number of benzene rings is 1. The average molecular weight is 255 g/mol. The maximum Gasteiger partial charge on any atom is 0.183 e. The first-order valence-corrected chi connectivity index (χ1v) is 6.38. The zero-order valence-corrected chi connectivity index (χ0v) is 10.4. The molecule has 3 nitrogen and oxygen atoms in total. The minimum absolute atomic E-state index is 0.0759. The molecule has 1 aliphatic heterocycles. The standard InChI is InChI=1S/C13H19F2N3/c14-10-4-5-11(16)13(12(10)15)17-6-9-18-7-2-1-3-8-18/h4-5,17H,1-3,6-9,16H2. The van der Waals surface area contributed by atoms with Crippen molar-refractivity contribution in [3.63, 3.8) is 0 Å². The molecule has 2 rings (SSSR count). The molecule has 0 saturated carbocycles. The highest BCUT2D eigenvalue weighted by molar-refractivity contribution is 5.66. The lowest BCUT2D eigenvalue weighted by atomic mass is 10.1. The summed E-state index contributed by atoms with van der Waals surface area (Å²) >= 11 is 0. The Hall–Kier alpha value is -1.36. The summed E-state index contributed by atoms with van der Waals surface area (Å²) in [6.07, 6.45) is 3.72. The van der Waals surface area contributed by atoms with Crippen molar-refractivity contribution in [3.8, 4) is 0 Å². The van der Waals surface area contributed by atoms with Gasteiger partial charge in [0.1, 0.15) is 0 Å². The highest BCUT2D eigenvalue weighted by Crippen LogP contribution is 2.24. The summed E-state index contributed by atoms with van der Waals surface area (Å²) in [4.78, 5) is 2.32. The summed E-state index contributed by atoms with van der Waals surface area (Å²) in [5, 5.41) is 2.89. The van der Waals surface area contributed by atoms with Gasteiger partial charge in [-0.15, -0.1) is 0 Å². The van der Waals surface area contributed by atoms with E-state index in [1.807, 2.05) is 0 Å². The summed E-state index contributed by atoms with van der Waals surface area (Å²) < 4.78 is 26.6. The molecule has 1 aliphatic rings. The van der Waals surface area contributed by atoms with Crippen LogP contribution in [0.2, 0.25) is 0 Å². The molecular weight excluding hydrogens is 236 g/mol. The summed E-state index contributed by atoms with van der Waals surface area (Å²) in [6, 6.07) is 2.42. The van der Waals surface area contributed by atoms with E-state index >= 15 is 0 Å². The van der Waals surface area contributed by atoms with Gasteiger partial charge in [0, 0.05) is 13.1 Å². The Morgan fingerprint density at radius 2 is 1.89 bits per heavy atom. The van der Waals surface area contributed by atoms with Crippen molar-refractivity contribution in [1.82, 2.24) is 4.90 Å². The first kappa shape index (κ1) is 13.1. The minimum Gasteiger partial charge on any atom is -0.397 e. The fourth-order valence-electron chi connectivity index (χ4n) is 2.27. The van der Waals surface area contributed by atoms with Crippen LogP contribution in [0.4, 0.5) is 20.2 Å². The van der Waals surface area contributed by atoms with Crippen LogP contribution in [0.25, 0.3) is 0 Å². The van der Waals surface area contributed by atoms with Crippen LogP contribution in [0.3, 0.4) is 0 Å². The molecule has 0 bridgehead atoms. The second-order valence-electron chi connectivity index (χ2n) is 4.65. The normalized spacial score (nSPS) is 16.8. The number of nitrogen functional groups attached to an aromatic ring is 1. The third kappa shape index (κ3) is 3.10. The van der Waals surface area contributed by atoms with Gasteiger partial charge in [-0.1, -0.05) is 6.42 Å². The van der Waals surface area contributed by atoms with Gasteiger partial charge in [-0.3, -0.25) is 0 Å². The summed E-state index contributed by atoms with van der Waals surface area (Å²) in [5.74, 6) is -1.77. The number of rotatable bonds is 4. The van der Waals surface area contributed by atoms with Gasteiger partial charge in [-0.2, -0.15) is 0 Å². The smallest absolute Gasteiger partial charge is 0.183 e. The van der Waals surface area contributed by atoms with E-state index < -0.39 is 11.6 Å². The molecule has 3 N–H and O–H groups in total. The van der Waals surface area contributed by atoms with Crippen molar-refractivity contribution >= 4 is 11.4 Å². The van der Waals surface area contributed by atoms with Crippen LogP contribution in [0, 0.1) is 11.6 Å². The molecule has 18 heavy (non-hydrogen) atoms. The summed E-state index contributed by atoms with van der Waals surface area (Å²) in [5.41, 5.74) is 5.95. The van der Waals surface area contributed by atoms with Gasteiger partial charge in [0.15, 0.2) is 11.6 Å². The fraction of sp³-hybridized carbons (Fsp3) is 0.538. The monoisotopic (exact) mass is 255 g/mol. The van der Waals surface area contributed by atoms with Gasteiger partial charge >= 0.3 is 0 Å². The van der Waals surface area contributed by atoms with Gasteiger partial charge < -0.3 is 16.0 Å². The van der Waals surface area contributed by atoms with Crippen LogP contribution >= 0.6 is 0 Å². The Bertz CT molecular complexity index is 403.